The van der Waals surface area contributed by atoms with Crippen LogP contribution < -0.4 is 5.32 Å². The third-order valence-electron chi connectivity index (χ3n) is 3.15. The SMILES string of the molecule is CC(C)N1C(=O)CC(Nc2cccc(F)c2C#N)C1=O. The van der Waals surface area contributed by atoms with Crippen LogP contribution in [0.15, 0.2) is 18.2 Å². The van der Waals surface area contributed by atoms with Crippen LogP contribution in [0.5, 0.6) is 0 Å². The van der Waals surface area contributed by atoms with Gasteiger partial charge in [0.1, 0.15) is 23.5 Å². The summed E-state index contributed by atoms with van der Waals surface area (Å²) in [6, 6.07) is 4.91. The topological polar surface area (TPSA) is 73.2 Å². The largest absolute Gasteiger partial charge is 0.372 e. The second kappa shape index (κ2) is 5.29. The maximum atomic E-state index is 13.5. The summed E-state index contributed by atoms with van der Waals surface area (Å²) >= 11 is 0. The van der Waals surface area contributed by atoms with Crippen LogP contribution in [0.3, 0.4) is 0 Å². The van der Waals surface area contributed by atoms with Crippen molar-refractivity contribution in [3.05, 3.63) is 29.6 Å². The summed E-state index contributed by atoms with van der Waals surface area (Å²) < 4.78 is 13.5. The zero-order valence-corrected chi connectivity index (χ0v) is 11.2. The van der Waals surface area contributed by atoms with Crippen LogP contribution in [0, 0.1) is 17.1 Å². The predicted molar refractivity (Wildman–Crippen MR) is 70.1 cm³/mol. The molecule has 1 aromatic carbocycles. The van der Waals surface area contributed by atoms with E-state index in [1.807, 2.05) is 0 Å². The average Bonchev–Trinajstić information content (AvgIpc) is 2.64. The Morgan fingerprint density at radius 2 is 2.15 bits per heavy atom. The molecule has 1 aliphatic rings. The first-order valence-electron chi connectivity index (χ1n) is 6.26. The van der Waals surface area contributed by atoms with E-state index in [1.54, 1.807) is 19.9 Å². The molecule has 1 aromatic rings. The van der Waals surface area contributed by atoms with Crippen LogP contribution in [0.25, 0.3) is 0 Å². The third-order valence-corrected chi connectivity index (χ3v) is 3.15. The van der Waals surface area contributed by atoms with Crippen molar-refractivity contribution < 1.29 is 14.0 Å². The van der Waals surface area contributed by atoms with Gasteiger partial charge >= 0.3 is 0 Å². The minimum atomic E-state index is -0.751. The molecular formula is C14H14FN3O2. The number of carbonyl (C=O) groups excluding carboxylic acids is 2. The molecule has 1 saturated heterocycles. The van der Waals surface area contributed by atoms with Crippen LogP contribution >= 0.6 is 0 Å². The van der Waals surface area contributed by atoms with E-state index in [1.165, 1.54) is 23.1 Å². The molecule has 1 heterocycles. The molecule has 0 radical (unpaired) electrons. The second-order valence-corrected chi connectivity index (χ2v) is 4.87. The predicted octanol–water partition coefficient (Wildman–Crippen LogP) is 1.65. The van der Waals surface area contributed by atoms with E-state index in [9.17, 15) is 14.0 Å². The second-order valence-electron chi connectivity index (χ2n) is 4.87. The van der Waals surface area contributed by atoms with Gasteiger partial charge in [0, 0.05) is 6.04 Å². The van der Waals surface area contributed by atoms with E-state index in [2.05, 4.69) is 5.32 Å². The highest BCUT2D eigenvalue weighted by atomic mass is 19.1. The minimum absolute atomic E-state index is 0.0123. The number of nitrogens with one attached hydrogen (secondary N) is 1. The van der Waals surface area contributed by atoms with Crippen molar-refractivity contribution in [1.82, 2.24) is 4.90 Å². The Morgan fingerprint density at radius 1 is 1.45 bits per heavy atom. The fraction of sp³-hybridized carbons (Fsp3) is 0.357. The molecule has 0 aromatic heterocycles. The first-order chi connectivity index (χ1) is 9.45. The Morgan fingerprint density at radius 3 is 2.70 bits per heavy atom. The summed E-state index contributed by atoms with van der Waals surface area (Å²) in [4.78, 5) is 25.1. The standard InChI is InChI=1S/C14H14FN3O2/c1-8(2)18-13(19)6-12(14(18)20)17-11-5-3-4-10(15)9(11)7-16/h3-5,8,12,17H,6H2,1-2H3. The molecular weight excluding hydrogens is 261 g/mol. The molecule has 6 heteroatoms. The molecule has 0 saturated carbocycles. The molecule has 1 aliphatic heterocycles. The first-order valence-corrected chi connectivity index (χ1v) is 6.26. The number of halogens is 1. The average molecular weight is 275 g/mol. The monoisotopic (exact) mass is 275 g/mol. The van der Waals surface area contributed by atoms with Gasteiger partial charge in [-0.15, -0.1) is 0 Å². The van der Waals surface area contributed by atoms with Crippen molar-refractivity contribution >= 4 is 17.5 Å². The molecule has 0 bridgehead atoms. The van der Waals surface area contributed by atoms with Crippen LogP contribution in [0.4, 0.5) is 10.1 Å². The van der Waals surface area contributed by atoms with Gasteiger partial charge in [-0.3, -0.25) is 14.5 Å². The summed E-state index contributed by atoms with van der Waals surface area (Å²) in [5.41, 5.74) is 0.0694. The van der Waals surface area contributed by atoms with E-state index in [0.29, 0.717) is 0 Å². The van der Waals surface area contributed by atoms with Crippen molar-refractivity contribution in [3.8, 4) is 6.07 Å². The maximum absolute atomic E-state index is 13.5. The van der Waals surface area contributed by atoms with Crippen LogP contribution in [0.2, 0.25) is 0 Å². The number of hydrogen-bond acceptors (Lipinski definition) is 4. The summed E-state index contributed by atoms with van der Waals surface area (Å²) in [7, 11) is 0. The Bertz CT molecular complexity index is 607. The summed E-state index contributed by atoms with van der Waals surface area (Å²) in [5, 5.41) is 11.7. The highest BCUT2D eigenvalue weighted by Gasteiger charge is 2.40. The summed E-state index contributed by atoms with van der Waals surface area (Å²) in [6.07, 6.45) is 0.0123. The van der Waals surface area contributed by atoms with Crippen molar-refractivity contribution in [2.75, 3.05) is 5.32 Å². The number of rotatable bonds is 3. The number of carbonyl (C=O) groups is 2. The zero-order chi connectivity index (χ0) is 14.9. The summed E-state index contributed by atoms with van der Waals surface area (Å²) in [6.45, 7) is 3.50. The van der Waals surface area contributed by atoms with Gasteiger partial charge < -0.3 is 5.32 Å². The number of amides is 2. The van der Waals surface area contributed by atoms with Crippen LogP contribution in [-0.2, 0) is 9.59 Å². The van der Waals surface area contributed by atoms with Gasteiger partial charge in [-0.1, -0.05) is 6.07 Å². The van der Waals surface area contributed by atoms with E-state index in [4.69, 9.17) is 5.26 Å². The molecule has 1 fully saturated rings. The lowest BCUT2D eigenvalue weighted by molar-refractivity contribution is -0.140. The molecule has 2 rings (SSSR count). The van der Waals surface area contributed by atoms with Crippen molar-refractivity contribution in [3.63, 3.8) is 0 Å². The number of nitrogens with zero attached hydrogens (tertiary/aromatic N) is 2. The van der Waals surface area contributed by atoms with E-state index < -0.39 is 11.9 Å². The van der Waals surface area contributed by atoms with E-state index in [0.717, 1.165) is 0 Å². The number of nitriles is 1. The number of likely N-dealkylation sites (tertiary alicyclic amines) is 1. The van der Waals surface area contributed by atoms with Crippen LogP contribution in [-0.4, -0.2) is 28.8 Å². The van der Waals surface area contributed by atoms with Crippen molar-refractivity contribution in [2.24, 2.45) is 0 Å². The van der Waals surface area contributed by atoms with Gasteiger partial charge in [0.25, 0.3) is 5.91 Å². The van der Waals surface area contributed by atoms with Gasteiger partial charge in [0.15, 0.2) is 0 Å². The number of imide groups is 1. The third kappa shape index (κ3) is 2.35. The molecule has 0 spiro atoms. The molecule has 20 heavy (non-hydrogen) atoms. The fourth-order valence-electron chi connectivity index (χ4n) is 2.25. The molecule has 1 unspecified atom stereocenters. The molecule has 1 atom stereocenters. The van der Waals surface area contributed by atoms with Crippen molar-refractivity contribution in [2.45, 2.75) is 32.4 Å². The van der Waals surface area contributed by atoms with Gasteiger partial charge in [-0.05, 0) is 26.0 Å². The normalized spacial score (nSPS) is 18.6. The number of anilines is 1. The lowest BCUT2D eigenvalue weighted by Crippen LogP contribution is -2.39. The maximum Gasteiger partial charge on any atom is 0.252 e. The Labute approximate surface area is 116 Å². The highest BCUT2D eigenvalue weighted by Crippen LogP contribution is 2.23. The quantitative estimate of drug-likeness (QED) is 0.851. The van der Waals surface area contributed by atoms with E-state index >= 15 is 0 Å². The Kier molecular flexibility index (Phi) is 3.70. The smallest absolute Gasteiger partial charge is 0.252 e. The first kappa shape index (κ1) is 14.0. The molecule has 5 nitrogen and oxygen atoms in total. The lowest BCUT2D eigenvalue weighted by Gasteiger charge is -2.19. The molecule has 104 valence electrons. The summed E-state index contributed by atoms with van der Waals surface area (Å²) in [5.74, 6) is -1.27. The highest BCUT2D eigenvalue weighted by molar-refractivity contribution is 6.07. The number of hydrogen-bond donors (Lipinski definition) is 1. The van der Waals surface area contributed by atoms with Gasteiger partial charge in [-0.25, -0.2) is 4.39 Å². The Hall–Kier alpha value is -2.42. The number of benzene rings is 1. The van der Waals surface area contributed by atoms with Gasteiger partial charge in [0.2, 0.25) is 5.91 Å². The fourth-order valence-corrected chi connectivity index (χ4v) is 2.25. The van der Waals surface area contributed by atoms with Crippen LogP contribution in [0.1, 0.15) is 25.8 Å². The molecule has 1 N–H and O–H groups in total. The Balaban J connectivity index is 2.25. The van der Waals surface area contributed by atoms with E-state index in [-0.39, 0.29) is 35.5 Å². The lowest BCUT2D eigenvalue weighted by atomic mass is 10.1. The molecule has 2 amide bonds. The zero-order valence-electron chi connectivity index (χ0n) is 11.2. The van der Waals surface area contributed by atoms with Crippen molar-refractivity contribution in [1.29, 1.82) is 5.26 Å². The van der Waals surface area contributed by atoms with Gasteiger partial charge in [-0.2, -0.15) is 5.26 Å². The van der Waals surface area contributed by atoms with Gasteiger partial charge in [0.05, 0.1) is 12.1 Å². The minimum Gasteiger partial charge on any atom is -0.372 e. The molecule has 0 aliphatic carbocycles.